The molecule has 0 atom stereocenters. The lowest BCUT2D eigenvalue weighted by Crippen LogP contribution is -2.19. The van der Waals surface area contributed by atoms with Crippen molar-refractivity contribution in [2.24, 2.45) is 5.14 Å². The van der Waals surface area contributed by atoms with E-state index in [2.05, 4.69) is 5.32 Å². The molecule has 0 bridgehead atoms. The van der Waals surface area contributed by atoms with Gasteiger partial charge in [-0.25, -0.2) is 13.6 Å². The lowest BCUT2D eigenvalue weighted by Gasteiger charge is -2.12. The Hall–Kier alpha value is -2.18. The van der Waals surface area contributed by atoms with Crippen molar-refractivity contribution in [2.75, 3.05) is 5.32 Å². The van der Waals surface area contributed by atoms with Crippen LogP contribution in [0.5, 0.6) is 0 Å². The van der Waals surface area contributed by atoms with E-state index in [-0.39, 0.29) is 16.5 Å². The van der Waals surface area contributed by atoms with Crippen LogP contribution in [0.2, 0.25) is 0 Å². The molecule has 5 nitrogen and oxygen atoms in total. The number of para-hydroxylation sites is 1. The molecule has 0 saturated carbocycles. The molecule has 0 aliphatic carbocycles. The predicted octanol–water partition coefficient (Wildman–Crippen LogP) is 2.20. The van der Waals surface area contributed by atoms with E-state index < -0.39 is 10.0 Å². The van der Waals surface area contributed by atoms with Gasteiger partial charge in [-0.15, -0.1) is 0 Å². The van der Waals surface area contributed by atoms with Crippen molar-refractivity contribution in [3.63, 3.8) is 0 Å². The lowest BCUT2D eigenvalue weighted by atomic mass is 10.0. The van der Waals surface area contributed by atoms with Crippen LogP contribution in [0.3, 0.4) is 0 Å². The van der Waals surface area contributed by atoms with Crippen LogP contribution in [0.25, 0.3) is 0 Å². The van der Waals surface area contributed by atoms with Crippen molar-refractivity contribution in [3.05, 3.63) is 59.2 Å². The minimum Gasteiger partial charge on any atom is -0.321 e. The van der Waals surface area contributed by atoms with E-state index in [1.165, 1.54) is 12.1 Å². The van der Waals surface area contributed by atoms with Crippen molar-refractivity contribution < 1.29 is 13.2 Å². The molecule has 3 N–H and O–H groups in total. The number of rotatable bonds is 3. The smallest absolute Gasteiger partial charge is 0.256 e. The molecule has 21 heavy (non-hydrogen) atoms. The highest BCUT2D eigenvalue weighted by atomic mass is 32.2. The highest BCUT2D eigenvalue weighted by molar-refractivity contribution is 7.89. The standard InChI is InChI=1S/C15H16N2O3S/c1-10-6-5-7-11(2)14(10)15(18)17-12-8-3-4-9-13(12)21(16,19)20/h3-9H,1-2H3,(H,17,18)(H2,16,19,20). The van der Waals surface area contributed by atoms with E-state index in [0.717, 1.165) is 11.1 Å². The third-order valence-corrected chi connectivity index (χ3v) is 4.12. The van der Waals surface area contributed by atoms with Gasteiger partial charge >= 0.3 is 0 Å². The quantitative estimate of drug-likeness (QED) is 0.911. The minimum absolute atomic E-state index is 0.107. The lowest BCUT2D eigenvalue weighted by molar-refractivity contribution is 0.102. The number of amides is 1. The van der Waals surface area contributed by atoms with Gasteiger partial charge in [0, 0.05) is 5.56 Å². The second-order valence-electron chi connectivity index (χ2n) is 4.76. The maximum Gasteiger partial charge on any atom is 0.256 e. The zero-order valence-electron chi connectivity index (χ0n) is 11.8. The first-order valence-electron chi connectivity index (χ1n) is 6.30. The van der Waals surface area contributed by atoms with Crippen LogP contribution in [-0.4, -0.2) is 14.3 Å². The van der Waals surface area contributed by atoms with Gasteiger partial charge in [0.2, 0.25) is 10.0 Å². The van der Waals surface area contributed by atoms with E-state index in [0.29, 0.717) is 5.56 Å². The Bertz CT molecular complexity index is 778. The van der Waals surface area contributed by atoms with Gasteiger partial charge in [-0.1, -0.05) is 30.3 Å². The number of hydrogen-bond acceptors (Lipinski definition) is 3. The molecule has 0 aliphatic rings. The average molecular weight is 304 g/mol. The van der Waals surface area contributed by atoms with Crippen molar-refractivity contribution in [1.29, 1.82) is 0 Å². The third kappa shape index (κ3) is 3.29. The van der Waals surface area contributed by atoms with Crippen molar-refractivity contribution in [1.82, 2.24) is 0 Å². The second-order valence-corrected chi connectivity index (χ2v) is 6.29. The molecule has 6 heteroatoms. The summed E-state index contributed by atoms with van der Waals surface area (Å²) in [5, 5.41) is 7.77. The number of benzene rings is 2. The number of carbonyl (C=O) groups is 1. The van der Waals surface area contributed by atoms with Crippen LogP contribution in [-0.2, 0) is 10.0 Å². The molecule has 0 heterocycles. The summed E-state index contributed by atoms with van der Waals surface area (Å²) in [5.74, 6) is -0.360. The number of nitrogens with one attached hydrogen (secondary N) is 1. The van der Waals surface area contributed by atoms with Gasteiger partial charge in [0.05, 0.1) is 5.69 Å². The van der Waals surface area contributed by atoms with Crippen molar-refractivity contribution in [2.45, 2.75) is 18.7 Å². The first kappa shape index (κ1) is 15.2. The fraction of sp³-hybridized carbons (Fsp3) is 0.133. The van der Waals surface area contributed by atoms with Gasteiger partial charge in [0.1, 0.15) is 4.90 Å². The first-order chi connectivity index (χ1) is 9.80. The van der Waals surface area contributed by atoms with E-state index >= 15 is 0 Å². The molecule has 0 spiro atoms. The molecule has 2 aromatic carbocycles. The van der Waals surface area contributed by atoms with Crippen LogP contribution < -0.4 is 10.5 Å². The molecule has 0 aliphatic heterocycles. The fourth-order valence-corrected chi connectivity index (χ4v) is 2.87. The molecule has 0 radical (unpaired) electrons. The van der Waals surface area contributed by atoms with Crippen molar-refractivity contribution in [3.8, 4) is 0 Å². The number of aryl methyl sites for hydroxylation is 2. The Morgan fingerprint density at radius 1 is 1.00 bits per heavy atom. The summed E-state index contributed by atoms with van der Waals surface area (Å²) in [4.78, 5) is 12.3. The maximum absolute atomic E-state index is 12.4. The zero-order chi connectivity index (χ0) is 15.6. The normalized spacial score (nSPS) is 11.2. The monoisotopic (exact) mass is 304 g/mol. The molecule has 2 aromatic rings. The Morgan fingerprint density at radius 2 is 1.57 bits per heavy atom. The van der Waals surface area contributed by atoms with Crippen LogP contribution in [0.1, 0.15) is 21.5 Å². The SMILES string of the molecule is Cc1cccc(C)c1C(=O)Nc1ccccc1S(N)(=O)=O. The number of sulfonamides is 1. The Morgan fingerprint density at radius 3 is 2.14 bits per heavy atom. The van der Waals surface area contributed by atoms with Gasteiger partial charge in [-0.05, 0) is 37.1 Å². The number of hydrogen-bond donors (Lipinski definition) is 2. The van der Waals surface area contributed by atoms with Gasteiger partial charge in [0.15, 0.2) is 0 Å². The van der Waals surface area contributed by atoms with Gasteiger partial charge in [-0.3, -0.25) is 4.79 Å². The van der Waals surface area contributed by atoms with E-state index in [9.17, 15) is 13.2 Å². The Labute approximate surface area is 123 Å². The number of carbonyl (C=O) groups excluding carboxylic acids is 1. The largest absolute Gasteiger partial charge is 0.321 e. The summed E-state index contributed by atoms with van der Waals surface area (Å²) in [5.41, 5.74) is 2.34. The van der Waals surface area contributed by atoms with Crippen LogP contribution in [0.4, 0.5) is 5.69 Å². The van der Waals surface area contributed by atoms with Crippen LogP contribution in [0, 0.1) is 13.8 Å². The predicted molar refractivity (Wildman–Crippen MR) is 81.7 cm³/mol. The zero-order valence-corrected chi connectivity index (χ0v) is 12.6. The highest BCUT2D eigenvalue weighted by Gasteiger charge is 2.17. The van der Waals surface area contributed by atoms with E-state index in [1.54, 1.807) is 12.1 Å². The number of anilines is 1. The summed E-state index contributed by atoms with van der Waals surface area (Å²) in [7, 11) is -3.90. The number of nitrogens with two attached hydrogens (primary N) is 1. The topological polar surface area (TPSA) is 89.3 Å². The van der Waals surface area contributed by atoms with Crippen molar-refractivity contribution >= 4 is 21.6 Å². The molecule has 0 unspecified atom stereocenters. The minimum atomic E-state index is -3.90. The Balaban J connectivity index is 2.42. The molecule has 0 aromatic heterocycles. The van der Waals surface area contributed by atoms with E-state index in [4.69, 9.17) is 5.14 Å². The fourth-order valence-electron chi connectivity index (χ4n) is 2.18. The van der Waals surface area contributed by atoms with Crippen LogP contribution >= 0.6 is 0 Å². The molecule has 0 fully saturated rings. The summed E-state index contributed by atoms with van der Waals surface area (Å²) >= 11 is 0. The first-order valence-corrected chi connectivity index (χ1v) is 7.84. The molecule has 2 rings (SSSR count). The van der Waals surface area contributed by atoms with E-state index in [1.807, 2.05) is 32.0 Å². The van der Waals surface area contributed by atoms with Gasteiger partial charge in [-0.2, -0.15) is 0 Å². The van der Waals surface area contributed by atoms with Gasteiger partial charge < -0.3 is 5.32 Å². The van der Waals surface area contributed by atoms with Crippen LogP contribution in [0.15, 0.2) is 47.4 Å². The molecular formula is C15H16N2O3S. The molecule has 0 saturated heterocycles. The third-order valence-electron chi connectivity index (χ3n) is 3.15. The average Bonchev–Trinajstić information content (AvgIpc) is 2.37. The van der Waals surface area contributed by atoms with Gasteiger partial charge in [0.25, 0.3) is 5.91 Å². The maximum atomic E-state index is 12.4. The molecule has 110 valence electrons. The second kappa shape index (κ2) is 5.67. The molecular weight excluding hydrogens is 288 g/mol. The Kier molecular flexibility index (Phi) is 4.11. The molecule has 1 amide bonds. The summed E-state index contributed by atoms with van der Waals surface area (Å²) < 4.78 is 23.1. The number of primary sulfonamides is 1. The summed E-state index contributed by atoms with van der Waals surface area (Å²) in [6.45, 7) is 3.65. The highest BCUT2D eigenvalue weighted by Crippen LogP contribution is 2.21. The summed E-state index contributed by atoms with van der Waals surface area (Å²) in [6, 6.07) is 11.6. The summed E-state index contributed by atoms with van der Waals surface area (Å²) in [6.07, 6.45) is 0.